The maximum Gasteiger partial charge on any atom is 0.420 e. The summed E-state index contributed by atoms with van der Waals surface area (Å²) in [6.07, 6.45) is -0.982. The number of hydrogen-bond donors (Lipinski definition) is 3. The number of fused-ring (bicyclic) bond motifs is 1. The first kappa shape index (κ1) is 21.3. The summed E-state index contributed by atoms with van der Waals surface area (Å²) < 4.78 is 42.0. The van der Waals surface area contributed by atoms with Crippen LogP contribution >= 0.6 is 11.6 Å². The number of anilines is 2. The van der Waals surface area contributed by atoms with Crippen molar-refractivity contribution < 1.29 is 22.8 Å². The molecule has 164 valence electrons. The van der Waals surface area contributed by atoms with Crippen molar-refractivity contribution in [1.29, 1.82) is 0 Å². The van der Waals surface area contributed by atoms with Gasteiger partial charge in [-0.05, 0) is 50.5 Å². The highest BCUT2D eigenvalue weighted by molar-refractivity contribution is 6.36. The van der Waals surface area contributed by atoms with Crippen LogP contribution < -0.4 is 10.6 Å². The van der Waals surface area contributed by atoms with Gasteiger partial charge in [0.15, 0.2) is 0 Å². The Labute approximate surface area is 181 Å². The number of benzene rings is 1. The molecule has 3 N–H and O–H groups in total. The number of hydrogen-bond acceptors (Lipinski definition) is 2. The van der Waals surface area contributed by atoms with Gasteiger partial charge in [-0.1, -0.05) is 11.6 Å². The molecule has 0 saturated carbocycles. The van der Waals surface area contributed by atoms with Crippen LogP contribution in [0.5, 0.6) is 0 Å². The van der Waals surface area contributed by atoms with Crippen molar-refractivity contribution in [2.75, 3.05) is 23.7 Å². The summed E-state index contributed by atoms with van der Waals surface area (Å²) in [5, 5.41) is 5.39. The smallest absolute Gasteiger partial charge is 0.357 e. The van der Waals surface area contributed by atoms with Gasteiger partial charge in [-0.15, -0.1) is 0 Å². The summed E-state index contributed by atoms with van der Waals surface area (Å²) in [7, 11) is 0. The van der Waals surface area contributed by atoms with Crippen LogP contribution in [0.25, 0.3) is 11.6 Å². The minimum Gasteiger partial charge on any atom is -0.357 e. The molecule has 0 radical (unpaired) electrons. The second-order valence-corrected chi connectivity index (χ2v) is 8.03. The summed E-state index contributed by atoms with van der Waals surface area (Å²) in [5.74, 6) is -0.531. The molecule has 4 rings (SSSR count). The average Bonchev–Trinajstić information content (AvgIpc) is 3.19. The number of halogens is 4. The Morgan fingerprint density at radius 1 is 1.23 bits per heavy atom. The average molecular weight is 453 g/mol. The van der Waals surface area contributed by atoms with Crippen LogP contribution in [0, 0.1) is 6.92 Å². The molecule has 2 aliphatic rings. The number of H-pyrrole nitrogens is 1. The van der Waals surface area contributed by atoms with Crippen LogP contribution in [0.3, 0.4) is 0 Å². The normalized spacial score (nSPS) is 17.6. The Balaban J connectivity index is 1.75. The van der Waals surface area contributed by atoms with Crippen LogP contribution in [0.1, 0.15) is 41.8 Å². The van der Waals surface area contributed by atoms with E-state index in [1.807, 2.05) is 0 Å². The molecule has 1 saturated heterocycles. The topological polar surface area (TPSA) is 77.2 Å². The van der Waals surface area contributed by atoms with E-state index < -0.39 is 23.7 Å². The standard InChI is InChI=1S/C21H20ClF3N4O2/c1-11-18(28-20(31)29-7-3-2-4-8-29)17(21(23,24)25)16(26-11)10-14-13-9-12(22)5-6-15(13)27-19(14)30/h5-6,9-10,26H,2-4,7-8H2,1H3,(H,27,30)(H,28,31)/b14-10-. The monoisotopic (exact) mass is 452 g/mol. The Kier molecular flexibility index (Phi) is 5.47. The number of aromatic amines is 1. The van der Waals surface area contributed by atoms with E-state index in [4.69, 9.17) is 11.6 Å². The fraction of sp³-hybridized carbons (Fsp3) is 0.333. The third-order valence-electron chi connectivity index (χ3n) is 5.43. The molecule has 0 unspecified atom stereocenters. The minimum atomic E-state index is -4.76. The van der Waals surface area contributed by atoms with Gasteiger partial charge in [0.1, 0.15) is 5.56 Å². The molecular weight excluding hydrogens is 433 g/mol. The first-order chi connectivity index (χ1) is 14.6. The van der Waals surface area contributed by atoms with Crippen molar-refractivity contribution in [3.63, 3.8) is 0 Å². The van der Waals surface area contributed by atoms with E-state index in [1.54, 1.807) is 12.1 Å². The van der Waals surface area contributed by atoms with Crippen molar-refractivity contribution in [1.82, 2.24) is 9.88 Å². The van der Waals surface area contributed by atoms with E-state index >= 15 is 0 Å². The molecule has 2 aromatic rings. The van der Waals surface area contributed by atoms with Gasteiger partial charge in [0, 0.05) is 35.1 Å². The van der Waals surface area contributed by atoms with Crippen LogP contribution in [0.2, 0.25) is 5.02 Å². The van der Waals surface area contributed by atoms with E-state index in [2.05, 4.69) is 15.6 Å². The third kappa shape index (κ3) is 4.14. The van der Waals surface area contributed by atoms with Crippen LogP contribution in [0.15, 0.2) is 18.2 Å². The highest BCUT2D eigenvalue weighted by Gasteiger charge is 2.40. The van der Waals surface area contributed by atoms with Gasteiger partial charge in [0.25, 0.3) is 5.91 Å². The predicted molar refractivity (Wildman–Crippen MR) is 113 cm³/mol. The molecule has 6 nitrogen and oxygen atoms in total. The lowest BCUT2D eigenvalue weighted by Crippen LogP contribution is -2.39. The van der Waals surface area contributed by atoms with Crippen molar-refractivity contribution in [3.05, 3.63) is 45.7 Å². The van der Waals surface area contributed by atoms with E-state index in [9.17, 15) is 22.8 Å². The molecular formula is C21H20ClF3N4O2. The number of nitrogens with one attached hydrogen (secondary N) is 3. The fourth-order valence-electron chi connectivity index (χ4n) is 3.94. The zero-order valence-corrected chi connectivity index (χ0v) is 17.4. The quantitative estimate of drug-likeness (QED) is 0.526. The predicted octanol–water partition coefficient (Wildman–Crippen LogP) is 5.51. The highest BCUT2D eigenvalue weighted by atomic mass is 35.5. The maximum absolute atomic E-state index is 14.0. The Bertz CT molecular complexity index is 1090. The summed E-state index contributed by atoms with van der Waals surface area (Å²) in [4.78, 5) is 29.1. The Hall–Kier alpha value is -2.94. The molecule has 1 aromatic carbocycles. The number of carbonyl (C=O) groups excluding carboxylic acids is 2. The Morgan fingerprint density at radius 2 is 1.94 bits per heavy atom. The number of alkyl halides is 3. The number of carbonyl (C=O) groups is 2. The van der Waals surface area contributed by atoms with Crippen molar-refractivity contribution in [3.8, 4) is 0 Å². The molecule has 10 heteroatoms. The molecule has 3 amide bonds. The van der Waals surface area contributed by atoms with Crippen molar-refractivity contribution >= 4 is 46.6 Å². The lowest BCUT2D eigenvalue weighted by Gasteiger charge is -2.27. The van der Waals surface area contributed by atoms with E-state index in [1.165, 1.54) is 17.9 Å². The highest BCUT2D eigenvalue weighted by Crippen LogP contribution is 2.42. The largest absolute Gasteiger partial charge is 0.420 e. The minimum absolute atomic E-state index is 0.0538. The van der Waals surface area contributed by atoms with Gasteiger partial charge in [-0.2, -0.15) is 13.2 Å². The second-order valence-electron chi connectivity index (χ2n) is 7.59. The summed E-state index contributed by atoms with van der Waals surface area (Å²) in [5.41, 5.74) is -0.581. The van der Waals surface area contributed by atoms with E-state index in [0.29, 0.717) is 29.4 Å². The lowest BCUT2D eigenvalue weighted by molar-refractivity contribution is -0.137. The number of piperidine rings is 1. The summed E-state index contributed by atoms with van der Waals surface area (Å²) in [6.45, 7) is 2.46. The van der Waals surface area contributed by atoms with Gasteiger partial charge in [0.05, 0.1) is 17.0 Å². The summed E-state index contributed by atoms with van der Waals surface area (Å²) in [6, 6.07) is 4.12. The maximum atomic E-state index is 14.0. The number of aromatic nitrogens is 1. The van der Waals surface area contributed by atoms with E-state index in [-0.39, 0.29) is 22.6 Å². The second kappa shape index (κ2) is 7.96. The molecule has 1 fully saturated rings. The van der Waals surface area contributed by atoms with Gasteiger partial charge in [-0.3, -0.25) is 4.79 Å². The number of nitrogens with zero attached hydrogens (tertiary/aromatic N) is 1. The first-order valence-electron chi connectivity index (χ1n) is 9.84. The van der Waals surface area contributed by atoms with Crippen LogP contribution in [-0.4, -0.2) is 34.9 Å². The van der Waals surface area contributed by atoms with Crippen molar-refractivity contribution in [2.24, 2.45) is 0 Å². The molecule has 0 atom stereocenters. The number of amides is 3. The molecule has 0 bridgehead atoms. The Morgan fingerprint density at radius 3 is 2.61 bits per heavy atom. The lowest BCUT2D eigenvalue weighted by atomic mass is 10.0. The molecule has 1 aromatic heterocycles. The van der Waals surface area contributed by atoms with Crippen molar-refractivity contribution in [2.45, 2.75) is 32.4 Å². The van der Waals surface area contributed by atoms with E-state index in [0.717, 1.165) is 25.3 Å². The number of urea groups is 1. The van der Waals surface area contributed by atoms with Crippen LogP contribution in [0.4, 0.5) is 29.3 Å². The third-order valence-corrected chi connectivity index (χ3v) is 5.66. The van der Waals surface area contributed by atoms with Gasteiger partial charge in [-0.25, -0.2) is 4.79 Å². The first-order valence-corrected chi connectivity index (χ1v) is 10.2. The van der Waals surface area contributed by atoms with Gasteiger partial charge in [0.2, 0.25) is 0 Å². The van der Waals surface area contributed by atoms with Gasteiger partial charge >= 0.3 is 12.2 Å². The number of rotatable bonds is 2. The number of likely N-dealkylation sites (tertiary alicyclic amines) is 1. The molecule has 0 spiro atoms. The zero-order valence-electron chi connectivity index (χ0n) is 16.6. The van der Waals surface area contributed by atoms with Gasteiger partial charge < -0.3 is 20.5 Å². The molecule has 3 heterocycles. The van der Waals surface area contributed by atoms with Crippen LogP contribution in [-0.2, 0) is 11.0 Å². The zero-order chi connectivity index (χ0) is 22.3. The fourth-order valence-corrected chi connectivity index (χ4v) is 4.11. The molecule has 0 aliphatic carbocycles. The summed E-state index contributed by atoms with van der Waals surface area (Å²) >= 11 is 6.00. The molecule has 31 heavy (non-hydrogen) atoms. The molecule has 2 aliphatic heterocycles. The number of aryl methyl sites for hydroxylation is 1. The SMILES string of the molecule is Cc1[nH]c(/C=C2\C(=O)Nc3ccc(Cl)cc32)c(C(F)(F)F)c1NC(=O)N1CCCCC1.